The summed E-state index contributed by atoms with van der Waals surface area (Å²) in [4.78, 5) is 11.0. The van der Waals surface area contributed by atoms with Crippen molar-refractivity contribution in [3.05, 3.63) is 12.2 Å². The molecule has 0 aliphatic carbocycles. The Balaban J connectivity index is 3.60. The molecule has 0 aromatic carbocycles. The maximum absolute atomic E-state index is 11.7. The molecule has 0 atom stereocenters. The number of ether oxygens (including phenoxy) is 1. The fraction of sp³-hybridized carbons (Fsp3) is 0.667. The minimum absolute atomic E-state index is 0.00884. The molecule has 0 amide bonds. The van der Waals surface area contributed by atoms with Gasteiger partial charge in [0.1, 0.15) is 0 Å². The Hall–Kier alpha value is -1.04. The Morgan fingerprint density at radius 2 is 2.07 bits per heavy atom. The first kappa shape index (κ1) is 14.0. The summed E-state index contributed by atoms with van der Waals surface area (Å²) in [5.74, 6) is -0.586. The third-order valence-electron chi connectivity index (χ3n) is 1.49. The van der Waals surface area contributed by atoms with Gasteiger partial charge in [-0.25, -0.2) is 4.79 Å². The number of alkyl halides is 3. The maximum Gasteiger partial charge on any atom is 0.390 e. The van der Waals surface area contributed by atoms with Crippen LogP contribution in [0.25, 0.3) is 0 Å². The number of hydrogen-bond acceptors (Lipinski definition) is 3. The lowest BCUT2D eigenvalue weighted by molar-refractivity contribution is -0.138. The van der Waals surface area contributed by atoms with Gasteiger partial charge in [-0.05, 0) is 6.92 Å². The van der Waals surface area contributed by atoms with Crippen LogP contribution >= 0.6 is 0 Å². The summed E-state index contributed by atoms with van der Waals surface area (Å²) >= 11 is 0. The van der Waals surface area contributed by atoms with Crippen molar-refractivity contribution in [3.63, 3.8) is 0 Å². The van der Waals surface area contributed by atoms with E-state index in [1.165, 1.54) is 0 Å². The first-order valence-corrected chi connectivity index (χ1v) is 4.49. The third-order valence-corrected chi connectivity index (χ3v) is 1.49. The maximum atomic E-state index is 11.7. The van der Waals surface area contributed by atoms with E-state index < -0.39 is 18.6 Å². The summed E-state index contributed by atoms with van der Waals surface area (Å²) in [6.07, 6.45) is -5.11. The van der Waals surface area contributed by atoms with Gasteiger partial charge in [-0.2, -0.15) is 13.2 Å². The Morgan fingerprint density at radius 1 is 1.47 bits per heavy atom. The molecule has 0 bridgehead atoms. The molecule has 0 spiro atoms. The molecule has 0 saturated carbocycles. The molecule has 0 aromatic heterocycles. The Morgan fingerprint density at radius 3 is 2.53 bits per heavy atom. The highest BCUT2D eigenvalue weighted by molar-refractivity contribution is 5.88. The third kappa shape index (κ3) is 7.99. The number of carbonyl (C=O) groups is 1. The largest absolute Gasteiger partial charge is 0.463 e. The molecule has 0 fully saturated rings. The molecule has 15 heavy (non-hydrogen) atoms. The molecule has 3 nitrogen and oxygen atoms in total. The topological polar surface area (TPSA) is 38.3 Å². The Bertz CT molecular complexity index is 226. The van der Waals surface area contributed by atoms with Crippen LogP contribution < -0.4 is 5.32 Å². The molecule has 0 saturated heterocycles. The van der Waals surface area contributed by atoms with Crippen LogP contribution in [0.15, 0.2) is 12.2 Å². The van der Waals surface area contributed by atoms with Crippen LogP contribution in [-0.2, 0) is 9.53 Å². The molecule has 0 aliphatic heterocycles. The van der Waals surface area contributed by atoms with Gasteiger partial charge in [0.05, 0.1) is 13.0 Å². The second kappa shape index (κ2) is 6.44. The summed E-state index contributed by atoms with van der Waals surface area (Å²) in [5.41, 5.74) is 0.124. The predicted molar refractivity (Wildman–Crippen MR) is 49.3 cm³/mol. The number of esters is 1. The average molecular weight is 225 g/mol. The zero-order chi connectivity index (χ0) is 11.9. The summed E-state index contributed by atoms with van der Waals surface area (Å²) < 4.78 is 39.7. The van der Waals surface area contributed by atoms with E-state index in [1.54, 1.807) is 6.92 Å². The molecule has 0 aliphatic rings. The van der Waals surface area contributed by atoms with Crippen LogP contribution in [0.1, 0.15) is 13.3 Å². The smallest absolute Gasteiger partial charge is 0.390 e. The second-order valence-corrected chi connectivity index (χ2v) is 2.87. The average Bonchev–Trinajstić information content (AvgIpc) is 2.11. The van der Waals surface area contributed by atoms with Gasteiger partial charge in [0.15, 0.2) is 0 Å². The van der Waals surface area contributed by atoms with Gasteiger partial charge in [-0.1, -0.05) is 6.58 Å². The van der Waals surface area contributed by atoms with E-state index in [-0.39, 0.29) is 25.3 Å². The standard InChI is InChI=1S/C9H14F3NO2/c1-3-15-8(14)7(2)6-13-5-4-9(10,11)12/h13H,2-6H2,1H3. The van der Waals surface area contributed by atoms with E-state index in [4.69, 9.17) is 0 Å². The number of rotatable bonds is 6. The summed E-state index contributed by atoms with van der Waals surface area (Å²) in [6.45, 7) is 5.03. The molecule has 0 radical (unpaired) electrons. The monoisotopic (exact) mass is 225 g/mol. The van der Waals surface area contributed by atoms with E-state index in [2.05, 4.69) is 16.6 Å². The molecule has 0 unspecified atom stereocenters. The van der Waals surface area contributed by atoms with Gasteiger partial charge >= 0.3 is 12.1 Å². The molecule has 88 valence electrons. The summed E-state index contributed by atoms with van der Waals surface area (Å²) in [7, 11) is 0. The lowest BCUT2D eigenvalue weighted by atomic mass is 10.3. The fourth-order valence-corrected chi connectivity index (χ4v) is 0.775. The Kier molecular flexibility index (Phi) is 6.00. The normalized spacial score (nSPS) is 11.2. The highest BCUT2D eigenvalue weighted by atomic mass is 19.4. The molecule has 6 heteroatoms. The van der Waals surface area contributed by atoms with Gasteiger partial charge in [-0.3, -0.25) is 0 Å². The quantitative estimate of drug-likeness (QED) is 0.424. The molecule has 0 aromatic rings. The van der Waals surface area contributed by atoms with E-state index in [9.17, 15) is 18.0 Å². The SMILES string of the molecule is C=C(CNCCC(F)(F)F)C(=O)OCC. The van der Waals surface area contributed by atoms with E-state index in [0.717, 1.165) is 0 Å². The van der Waals surface area contributed by atoms with Gasteiger partial charge in [0, 0.05) is 18.7 Å². The van der Waals surface area contributed by atoms with Crippen molar-refractivity contribution in [3.8, 4) is 0 Å². The molecular weight excluding hydrogens is 211 g/mol. The second-order valence-electron chi connectivity index (χ2n) is 2.87. The van der Waals surface area contributed by atoms with E-state index in [0.29, 0.717) is 0 Å². The predicted octanol–water partition coefficient (Wildman–Crippen LogP) is 1.65. The number of nitrogens with one attached hydrogen (secondary N) is 1. The van der Waals surface area contributed by atoms with Crippen LogP contribution in [-0.4, -0.2) is 31.8 Å². The molecule has 0 heterocycles. The van der Waals surface area contributed by atoms with E-state index in [1.807, 2.05) is 0 Å². The number of halogens is 3. The van der Waals surface area contributed by atoms with E-state index >= 15 is 0 Å². The van der Waals surface area contributed by atoms with Crippen LogP contribution in [0.2, 0.25) is 0 Å². The molecular formula is C9H14F3NO2. The first-order valence-electron chi connectivity index (χ1n) is 4.49. The van der Waals surface area contributed by atoms with Gasteiger partial charge in [0.25, 0.3) is 0 Å². The highest BCUT2D eigenvalue weighted by Gasteiger charge is 2.26. The minimum atomic E-state index is -4.18. The van der Waals surface area contributed by atoms with Crippen molar-refractivity contribution >= 4 is 5.97 Å². The zero-order valence-corrected chi connectivity index (χ0v) is 8.49. The zero-order valence-electron chi connectivity index (χ0n) is 8.49. The van der Waals surface area contributed by atoms with Crippen molar-refractivity contribution in [2.45, 2.75) is 19.5 Å². The van der Waals surface area contributed by atoms with Crippen LogP contribution in [0.4, 0.5) is 13.2 Å². The fourth-order valence-electron chi connectivity index (χ4n) is 0.775. The lowest BCUT2D eigenvalue weighted by Gasteiger charge is -2.08. The summed E-state index contributed by atoms with van der Waals surface area (Å²) in [5, 5.41) is 2.46. The van der Waals surface area contributed by atoms with Crippen molar-refractivity contribution in [1.82, 2.24) is 5.32 Å². The Labute approximate surface area is 86.3 Å². The first-order chi connectivity index (χ1) is 6.87. The van der Waals surface area contributed by atoms with Gasteiger partial charge < -0.3 is 10.1 Å². The highest BCUT2D eigenvalue weighted by Crippen LogP contribution is 2.18. The lowest BCUT2D eigenvalue weighted by Crippen LogP contribution is -2.26. The van der Waals surface area contributed by atoms with Crippen LogP contribution in [0.5, 0.6) is 0 Å². The van der Waals surface area contributed by atoms with Gasteiger partial charge in [-0.15, -0.1) is 0 Å². The van der Waals surface area contributed by atoms with Crippen LogP contribution in [0, 0.1) is 0 Å². The number of hydrogen-bond donors (Lipinski definition) is 1. The van der Waals surface area contributed by atoms with Crippen LogP contribution in [0.3, 0.4) is 0 Å². The molecule has 0 rings (SSSR count). The molecule has 1 N–H and O–H groups in total. The summed E-state index contributed by atoms with van der Waals surface area (Å²) in [6, 6.07) is 0. The van der Waals surface area contributed by atoms with Crippen molar-refractivity contribution < 1.29 is 22.7 Å². The van der Waals surface area contributed by atoms with Crippen molar-refractivity contribution in [2.75, 3.05) is 19.7 Å². The van der Waals surface area contributed by atoms with Crippen molar-refractivity contribution in [2.24, 2.45) is 0 Å². The van der Waals surface area contributed by atoms with Crippen molar-refractivity contribution in [1.29, 1.82) is 0 Å². The minimum Gasteiger partial charge on any atom is -0.463 e. The number of carbonyl (C=O) groups excluding carboxylic acids is 1. The van der Waals surface area contributed by atoms with Gasteiger partial charge in [0.2, 0.25) is 0 Å².